The lowest BCUT2D eigenvalue weighted by Gasteiger charge is -2.16. The molecular formula is C19H26O2. The standard InChI is InChI=1S/C19H26O2/c1-19(2)13-16-12-15(9-10-18(16)21-19)17(20)11-14-7-5-3-4-6-8-14/h9-10,12,14H,3-8,11,13H2,1-2H3. The van der Waals surface area contributed by atoms with Gasteiger partial charge >= 0.3 is 0 Å². The Kier molecular flexibility index (Phi) is 4.05. The molecular weight excluding hydrogens is 260 g/mol. The van der Waals surface area contributed by atoms with E-state index in [1.165, 1.54) is 44.1 Å². The van der Waals surface area contributed by atoms with Crippen molar-refractivity contribution in [2.75, 3.05) is 0 Å². The Morgan fingerprint density at radius 1 is 1.19 bits per heavy atom. The second-order valence-corrected chi connectivity index (χ2v) is 7.35. The average Bonchev–Trinajstić information content (AvgIpc) is 2.60. The Bertz CT molecular complexity index is 522. The number of hydrogen-bond donors (Lipinski definition) is 0. The summed E-state index contributed by atoms with van der Waals surface area (Å²) in [5, 5.41) is 0. The lowest BCUT2D eigenvalue weighted by atomic mass is 9.91. The SMILES string of the molecule is CC1(C)Cc2cc(C(=O)CC3CCCCCC3)ccc2O1. The average molecular weight is 286 g/mol. The molecule has 0 saturated heterocycles. The minimum atomic E-state index is -0.134. The summed E-state index contributed by atoms with van der Waals surface area (Å²) in [4.78, 5) is 12.5. The van der Waals surface area contributed by atoms with Crippen LogP contribution in [0, 0.1) is 5.92 Å². The van der Waals surface area contributed by atoms with Gasteiger partial charge in [-0.3, -0.25) is 4.79 Å². The molecule has 1 aliphatic heterocycles. The summed E-state index contributed by atoms with van der Waals surface area (Å²) in [5.41, 5.74) is 1.93. The molecule has 3 rings (SSSR count). The van der Waals surface area contributed by atoms with E-state index in [4.69, 9.17) is 4.74 Å². The third-order valence-electron chi connectivity index (χ3n) is 4.83. The Labute approximate surface area is 127 Å². The van der Waals surface area contributed by atoms with Crippen LogP contribution in [0.15, 0.2) is 18.2 Å². The van der Waals surface area contributed by atoms with Crippen LogP contribution in [0.4, 0.5) is 0 Å². The molecule has 2 heteroatoms. The molecule has 2 nitrogen and oxygen atoms in total. The third-order valence-corrected chi connectivity index (χ3v) is 4.83. The minimum Gasteiger partial charge on any atom is -0.487 e. The van der Waals surface area contributed by atoms with Crippen molar-refractivity contribution in [3.63, 3.8) is 0 Å². The van der Waals surface area contributed by atoms with Crippen molar-refractivity contribution in [3.05, 3.63) is 29.3 Å². The normalized spacial score (nSPS) is 21.4. The van der Waals surface area contributed by atoms with Gasteiger partial charge in [-0.15, -0.1) is 0 Å². The van der Waals surface area contributed by atoms with E-state index < -0.39 is 0 Å². The van der Waals surface area contributed by atoms with E-state index in [0.717, 1.165) is 24.2 Å². The van der Waals surface area contributed by atoms with Crippen molar-refractivity contribution < 1.29 is 9.53 Å². The van der Waals surface area contributed by atoms with Crippen molar-refractivity contribution in [2.45, 2.75) is 70.8 Å². The molecule has 0 radical (unpaired) electrons. The molecule has 1 heterocycles. The van der Waals surface area contributed by atoms with E-state index in [2.05, 4.69) is 19.9 Å². The molecule has 1 aromatic carbocycles. The number of ketones is 1. The monoisotopic (exact) mass is 286 g/mol. The van der Waals surface area contributed by atoms with Crippen molar-refractivity contribution in [1.29, 1.82) is 0 Å². The van der Waals surface area contributed by atoms with Gasteiger partial charge in [0.05, 0.1) is 0 Å². The highest BCUT2D eigenvalue weighted by Crippen LogP contribution is 2.36. The van der Waals surface area contributed by atoms with Gasteiger partial charge in [0.1, 0.15) is 11.4 Å². The second-order valence-electron chi connectivity index (χ2n) is 7.35. The number of benzene rings is 1. The fraction of sp³-hybridized carbons (Fsp3) is 0.632. The summed E-state index contributed by atoms with van der Waals surface area (Å²) in [5.74, 6) is 1.86. The molecule has 0 amide bonds. The zero-order valence-electron chi connectivity index (χ0n) is 13.3. The Balaban J connectivity index is 1.68. The van der Waals surface area contributed by atoms with Gasteiger partial charge in [-0.2, -0.15) is 0 Å². The van der Waals surface area contributed by atoms with Crippen LogP contribution in [0.2, 0.25) is 0 Å². The maximum atomic E-state index is 12.5. The largest absolute Gasteiger partial charge is 0.487 e. The van der Waals surface area contributed by atoms with Crippen LogP contribution in [0.3, 0.4) is 0 Å². The number of Topliss-reactive ketones (excluding diaryl/α,β-unsaturated/α-hetero) is 1. The number of carbonyl (C=O) groups is 1. The zero-order chi connectivity index (χ0) is 14.9. The Morgan fingerprint density at radius 3 is 2.62 bits per heavy atom. The lowest BCUT2D eigenvalue weighted by molar-refractivity contribution is 0.0957. The van der Waals surface area contributed by atoms with Crippen molar-refractivity contribution in [2.24, 2.45) is 5.92 Å². The summed E-state index contributed by atoms with van der Waals surface area (Å²) in [7, 11) is 0. The van der Waals surface area contributed by atoms with Gasteiger partial charge in [0.25, 0.3) is 0 Å². The second kappa shape index (κ2) is 5.82. The molecule has 1 aromatic rings. The first-order valence-corrected chi connectivity index (χ1v) is 8.39. The van der Waals surface area contributed by atoms with Gasteiger partial charge in [-0.1, -0.05) is 38.5 Å². The predicted octanol–water partition coefficient (Wildman–Crippen LogP) is 4.94. The summed E-state index contributed by atoms with van der Waals surface area (Å²) in [6, 6.07) is 5.98. The van der Waals surface area contributed by atoms with E-state index in [0.29, 0.717) is 11.7 Å². The van der Waals surface area contributed by atoms with Gasteiger partial charge in [0.2, 0.25) is 0 Å². The van der Waals surface area contributed by atoms with E-state index in [1.807, 2.05) is 12.1 Å². The van der Waals surface area contributed by atoms with Crippen LogP contribution in [-0.2, 0) is 6.42 Å². The van der Waals surface area contributed by atoms with Gasteiger partial charge in [0, 0.05) is 18.4 Å². The van der Waals surface area contributed by atoms with Gasteiger partial charge in [0.15, 0.2) is 5.78 Å². The third kappa shape index (κ3) is 3.48. The summed E-state index contributed by atoms with van der Waals surface area (Å²) in [6.07, 6.45) is 9.36. The molecule has 1 fully saturated rings. The molecule has 114 valence electrons. The van der Waals surface area contributed by atoms with Crippen molar-refractivity contribution >= 4 is 5.78 Å². The Morgan fingerprint density at radius 2 is 1.90 bits per heavy atom. The molecule has 2 aliphatic rings. The first-order chi connectivity index (χ1) is 10.0. The topological polar surface area (TPSA) is 26.3 Å². The van der Waals surface area contributed by atoms with E-state index in [1.54, 1.807) is 0 Å². The number of carbonyl (C=O) groups excluding carboxylic acids is 1. The van der Waals surface area contributed by atoms with Crippen molar-refractivity contribution in [1.82, 2.24) is 0 Å². The fourth-order valence-corrected chi connectivity index (χ4v) is 3.73. The van der Waals surface area contributed by atoms with Crippen LogP contribution in [0.1, 0.15) is 74.7 Å². The molecule has 21 heavy (non-hydrogen) atoms. The fourth-order valence-electron chi connectivity index (χ4n) is 3.73. The summed E-state index contributed by atoms with van der Waals surface area (Å²) < 4.78 is 5.88. The number of rotatable bonds is 3. The maximum Gasteiger partial charge on any atom is 0.163 e. The minimum absolute atomic E-state index is 0.134. The first kappa shape index (κ1) is 14.6. The van der Waals surface area contributed by atoms with Crippen LogP contribution in [0.25, 0.3) is 0 Å². The van der Waals surface area contributed by atoms with Crippen LogP contribution in [0.5, 0.6) is 5.75 Å². The smallest absolute Gasteiger partial charge is 0.163 e. The zero-order valence-corrected chi connectivity index (χ0v) is 13.3. The van der Waals surface area contributed by atoms with Crippen molar-refractivity contribution in [3.8, 4) is 5.75 Å². The van der Waals surface area contributed by atoms with E-state index in [-0.39, 0.29) is 5.60 Å². The van der Waals surface area contributed by atoms with Gasteiger partial charge in [-0.05, 0) is 43.5 Å². The maximum absolute atomic E-state index is 12.5. The molecule has 0 aromatic heterocycles. The van der Waals surface area contributed by atoms with Crippen LogP contribution < -0.4 is 4.74 Å². The molecule has 0 N–H and O–H groups in total. The highest BCUT2D eigenvalue weighted by molar-refractivity contribution is 5.96. The van der Waals surface area contributed by atoms with Crippen LogP contribution in [-0.4, -0.2) is 11.4 Å². The predicted molar refractivity (Wildman–Crippen MR) is 85.0 cm³/mol. The highest BCUT2D eigenvalue weighted by atomic mass is 16.5. The van der Waals surface area contributed by atoms with E-state index in [9.17, 15) is 4.79 Å². The van der Waals surface area contributed by atoms with Crippen LogP contribution >= 0.6 is 0 Å². The molecule has 0 unspecified atom stereocenters. The number of fused-ring (bicyclic) bond motifs is 1. The number of hydrogen-bond acceptors (Lipinski definition) is 2. The lowest BCUT2D eigenvalue weighted by Crippen LogP contribution is -2.24. The molecule has 1 saturated carbocycles. The molecule has 0 atom stereocenters. The molecule has 0 bridgehead atoms. The quantitative estimate of drug-likeness (QED) is 0.581. The van der Waals surface area contributed by atoms with Gasteiger partial charge < -0.3 is 4.74 Å². The Hall–Kier alpha value is -1.31. The molecule has 1 aliphatic carbocycles. The molecule has 0 spiro atoms. The van der Waals surface area contributed by atoms with E-state index >= 15 is 0 Å². The first-order valence-electron chi connectivity index (χ1n) is 8.39. The summed E-state index contributed by atoms with van der Waals surface area (Å²) in [6.45, 7) is 4.19. The highest BCUT2D eigenvalue weighted by Gasteiger charge is 2.30. The number of ether oxygens (including phenoxy) is 1. The van der Waals surface area contributed by atoms with Gasteiger partial charge in [-0.25, -0.2) is 0 Å². The summed E-state index contributed by atoms with van der Waals surface area (Å²) >= 11 is 0.